The molecule has 1 atom stereocenters. The van der Waals surface area contributed by atoms with E-state index in [9.17, 15) is 0 Å². The number of ether oxygens (including phenoxy) is 1. The Morgan fingerprint density at radius 2 is 2.27 bits per heavy atom. The van der Waals surface area contributed by atoms with Gasteiger partial charge in [-0.15, -0.1) is 0 Å². The Labute approximate surface area is 105 Å². The molecule has 0 bridgehead atoms. The van der Waals surface area contributed by atoms with Crippen molar-refractivity contribution in [1.29, 1.82) is 0 Å². The summed E-state index contributed by atoms with van der Waals surface area (Å²) >= 11 is 3.60. The highest BCUT2D eigenvalue weighted by Gasteiger charge is 2.27. The molecule has 76 valence electrons. The average Bonchev–Trinajstić information content (AvgIpc) is 2.83. The molecule has 5 heteroatoms. The van der Waals surface area contributed by atoms with Crippen LogP contribution in [0.2, 0.25) is 0 Å². The maximum Gasteiger partial charge on any atom is 0.203 e. The minimum atomic E-state index is 0.266. The van der Waals surface area contributed by atoms with Crippen molar-refractivity contribution in [3.8, 4) is 5.75 Å². The molecule has 0 radical (unpaired) electrons. The smallest absolute Gasteiger partial charge is 0.203 e. The van der Waals surface area contributed by atoms with E-state index in [0.29, 0.717) is 6.61 Å². The summed E-state index contributed by atoms with van der Waals surface area (Å²) in [5.74, 6) is 1.25. The van der Waals surface area contributed by atoms with Crippen LogP contribution < -0.4 is 4.74 Å². The lowest BCUT2D eigenvalue weighted by Crippen LogP contribution is -2.01. The first-order chi connectivity index (χ1) is 7.34. The van der Waals surface area contributed by atoms with Gasteiger partial charge in [-0.1, -0.05) is 18.2 Å². The molecule has 1 aromatic heterocycles. The highest BCUT2D eigenvalue weighted by molar-refractivity contribution is 14.1. The van der Waals surface area contributed by atoms with Gasteiger partial charge >= 0.3 is 0 Å². The van der Waals surface area contributed by atoms with Crippen LogP contribution in [0.15, 0.2) is 24.3 Å². The number of nitrogens with zero attached hydrogens (tertiary/aromatic N) is 2. The largest absolute Gasteiger partial charge is 0.492 e. The molecule has 2 aromatic rings. The SMILES string of the molecule is Ic1nsc(C2COc3ccccc32)n1. The normalized spacial score (nSPS) is 18.6. The average molecular weight is 330 g/mol. The molecule has 0 fully saturated rings. The van der Waals surface area contributed by atoms with E-state index in [1.54, 1.807) is 0 Å². The van der Waals surface area contributed by atoms with E-state index in [0.717, 1.165) is 14.6 Å². The van der Waals surface area contributed by atoms with Crippen LogP contribution in [0.1, 0.15) is 16.5 Å². The summed E-state index contributed by atoms with van der Waals surface area (Å²) in [6, 6.07) is 8.13. The van der Waals surface area contributed by atoms with Gasteiger partial charge in [0.15, 0.2) is 0 Å². The van der Waals surface area contributed by atoms with Gasteiger partial charge in [0.05, 0.1) is 5.92 Å². The summed E-state index contributed by atoms with van der Waals surface area (Å²) in [5, 5.41) is 1.05. The topological polar surface area (TPSA) is 35.0 Å². The number of fused-ring (bicyclic) bond motifs is 1. The Kier molecular flexibility index (Phi) is 2.36. The summed E-state index contributed by atoms with van der Waals surface area (Å²) < 4.78 is 10.6. The number of para-hydroxylation sites is 1. The maximum absolute atomic E-state index is 5.61. The molecule has 1 unspecified atom stereocenters. The number of aromatic nitrogens is 2. The van der Waals surface area contributed by atoms with Crippen molar-refractivity contribution < 1.29 is 4.74 Å². The van der Waals surface area contributed by atoms with E-state index in [-0.39, 0.29) is 5.92 Å². The first-order valence-corrected chi connectivity index (χ1v) is 6.40. The minimum absolute atomic E-state index is 0.266. The Hall–Kier alpha value is -0.690. The second-order valence-electron chi connectivity index (χ2n) is 3.30. The van der Waals surface area contributed by atoms with Crippen molar-refractivity contribution in [2.24, 2.45) is 0 Å². The zero-order chi connectivity index (χ0) is 10.3. The predicted molar refractivity (Wildman–Crippen MR) is 66.4 cm³/mol. The zero-order valence-corrected chi connectivity index (χ0v) is 10.7. The third kappa shape index (κ3) is 1.63. The Morgan fingerprint density at radius 1 is 1.40 bits per heavy atom. The molecular weight excluding hydrogens is 323 g/mol. The zero-order valence-electron chi connectivity index (χ0n) is 7.68. The molecule has 0 saturated heterocycles. The molecule has 0 N–H and O–H groups in total. The van der Waals surface area contributed by atoms with Crippen molar-refractivity contribution in [3.05, 3.63) is 38.7 Å². The Morgan fingerprint density at radius 3 is 3.07 bits per heavy atom. The standard InChI is InChI=1S/C10H7IN2OS/c11-10-12-9(15-13-10)7-5-14-8-4-2-1-3-6(7)8/h1-4,7H,5H2. The van der Waals surface area contributed by atoms with Crippen LogP contribution in [-0.2, 0) is 0 Å². The molecule has 0 spiro atoms. The lowest BCUT2D eigenvalue weighted by Gasteiger charge is -2.02. The second-order valence-corrected chi connectivity index (χ2v) is 5.05. The van der Waals surface area contributed by atoms with Gasteiger partial charge in [0, 0.05) is 28.2 Å². The Bertz CT molecular complexity index is 500. The first kappa shape index (κ1) is 9.53. The molecule has 3 rings (SSSR count). The fourth-order valence-corrected chi connectivity index (χ4v) is 3.10. The Balaban J connectivity index is 2.04. The molecule has 15 heavy (non-hydrogen) atoms. The molecule has 1 aliphatic rings. The van der Waals surface area contributed by atoms with Gasteiger partial charge in [-0.25, -0.2) is 4.98 Å². The second kappa shape index (κ2) is 3.71. The number of halogens is 1. The number of hydrogen-bond donors (Lipinski definition) is 0. The summed E-state index contributed by atoms with van der Waals surface area (Å²) in [6.45, 7) is 0.685. The van der Waals surface area contributed by atoms with Crippen molar-refractivity contribution in [2.45, 2.75) is 5.92 Å². The third-order valence-electron chi connectivity index (χ3n) is 2.41. The van der Waals surface area contributed by atoms with Crippen molar-refractivity contribution in [1.82, 2.24) is 9.36 Å². The fourth-order valence-electron chi connectivity index (χ4n) is 1.72. The van der Waals surface area contributed by atoms with E-state index < -0.39 is 0 Å². The van der Waals surface area contributed by atoms with Gasteiger partial charge in [-0.05, 0) is 17.6 Å². The summed E-state index contributed by atoms with van der Waals surface area (Å²) in [4.78, 5) is 4.41. The maximum atomic E-state index is 5.61. The quantitative estimate of drug-likeness (QED) is 0.754. The molecular formula is C10H7IN2OS. The van der Waals surface area contributed by atoms with Crippen molar-refractivity contribution in [3.63, 3.8) is 0 Å². The van der Waals surface area contributed by atoms with Crippen LogP contribution in [0.25, 0.3) is 0 Å². The van der Waals surface area contributed by atoms with Crippen LogP contribution in [0.3, 0.4) is 0 Å². The molecule has 1 aliphatic heterocycles. The highest BCUT2D eigenvalue weighted by atomic mass is 127. The monoisotopic (exact) mass is 330 g/mol. The van der Waals surface area contributed by atoms with E-state index in [4.69, 9.17) is 4.74 Å². The lowest BCUT2D eigenvalue weighted by atomic mass is 10.0. The highest BCUT2D eigenvalue weighted by Crippen LogP contribution is 2.38. The van der Waals surface area contributed by atoms with Crippen LogP contribution in [0.5, 0.6) is 5.75 Å². The van der Waals surface area contributed by atoms with E-state index in [1.165, 1.54) is 17.1 Å². The molecule has 3 nitrogen and oxygen atoms in total. The number of hydrogen-bond acceptors (Lipinski definition) is 4. The fraction of sp³-hybridized carbons (Fsp3) is 0.200. The van der Waals surface area contributed by atoms with Gasteiger partial charge in [-0.2, -0.15) is 4.37 Å². The molecule has 0 amide bonds. The lowest BCUT2D eigenvalue weighted by molar-refractivity contribution is 0.343. The van der Waals surface area contributed by atoms with Gasteiger partial charge in [0.2, 0.25) is 3.83 Å². The van der Waals surface area contributed by atoms with Crippen LogP contribution >= 0.6 is 34.1 Å². The van der Waals surface area contributed by atoms with E-state index in [2.05, 4.69) is 38.0 Å². The third-order valence-corrected chi connectivity index (χ3v) is 4.05. The number of benzene rings is 1. The van der Waals surface area contributed by atoms with E-state index in [1.807, 2.05) is 18.2 Å². The van der Waals surface area contributed by atoms with Crippen molar-refractivity contribution >= 4 is 34.1 Å². The number of rotatable bonds is 1. The van der Waals surface area contributed by atoms with Crippen LogP contribution in [-0.4, -0.2) is 16.0 Å². The first-order valence-electron chi connectivity index (χ1n) is 4.55. The summed E-state index contributed by atoms with van der Waals surface area (Å²) in [7, 11) is 0. The van der Waals surface area contributed by atoms with E-state index >= 15 is 0 Å². The molecule has 0 aliphatic carbocycles. The van der Waals surface area contributed by atoms with Crippen molar-refractivity contribution in [2.75, 3.05) is 6.61 Å². The molecule has 0 saturated carbocycles. The predicted octanol–water partition coefficient (Wildman–Crippen LogP) is 2.67. The van der Waals surface area contributed by atoms with Crippen LogP contribution in [0, 0.1) is 3.83 Å². The van der Waals surface area contributed by atoms with Gasteiger partial charge in [0.1, 0.15) is 17.4 Å². The van der Waals surface area contributed by atoms with Gasteiger partial charge < -0.3 is 4.74 Å². The summed E-state index contributed by atoms with van der Waals surface area (Å²) in [6.07, 6.45) is 0. The molecule has 1 aromatic carbocycles. The van der Waals surface area contributed by atoms with Gasteiger partial charge in [-0.3, -0.25) is 0 Å². The summed E-state index contributed by atoms with van der Waals surface area (Å²) in [5.41, 5.74) is 1.23. The minimum Gasteiger partial charge on any atom is -0.492 e. The molecule has 2 heterocycles. The van der Waals surface area contributed by atoms with Crippen LogP contribution in [0.4, 0.5) is 0 Å². The van der Waals surface area contributed by atoms with Gasteiger partial charge in [0.25, 0.3) is 0 Å².